The number of rotatable bonds is 60. The Kier molecular flexibility index (Phi) is 56.1. The monoisotopic (exact) mass is 1090 g/mol. The zero-order chi connectivity index (χ0) is 55.6. The van der Waals surface area contributed by atoms with E-state index in [2.05, 4.69) is 62.5 Å². The molecule has 0 aliphatic carbocycles. The Balaban J connectivity index is 3.82. The Morgan fingerprint density at radius 2 is 0.724 bits per heavy atom. The molecule has 9 nitrogen and oxygen atoms in total. The van der Waals surface area contributed by atoms with Gasteiger partial charge in [0.2, 0.25) is 0 Å². The molecule has 446 valence electrons. The number of nitrogens with zero attached hydrogens (tertiary/aromatic N) is 1. The third kappa shape index (κ3) is 61.2. The predicted octanol–water partition coefficient (Wildman–Crippen LogP) is 20.5. The Morgan fingerprint density at radius 1 is 0.408 bits per heavy atom. The second kappa shape index (κ2) is 57.6. The van der Waals surface area contributed by atoms with Crippen LogP contribution < -0.4 is 0 Å². The van der Waals surface area contributed by atoms with Crippen LogP contribution in [0.2, 0.25) is 0 Å². The van der Waals surface area contributed by atoms with Crippen LogP contribution in [0.4, 0.5) is 0 Å². The molecule has 0 saturated carbocycles. The van der Waals surface area contributed by atoms with Crippen molar-refractivity contribution in [3.05, 3.63) is 48.6 Å². The summed E-state index contributed by atoms with van der Waals surface area (Å²) in [4.78, 5) is 35.6. The van der Waals surface area contributed by atoms with Gasteiger partial charge in [0.05, 0.1) is 27.7 Å². The fourth-order valence-corrected chi connectivity index (χ4v) is 10.0. The fourth-order valence-electron chi connectivity index (χ4n) is 9.30. The van der Waals surface area contributed by atoms with E-state index in [0.29, 0.717) is 17.4 Å². The number of phosphoric ester groups is 1. The molecule has 0 aromatic heterocycles. The molecule has 0 aliphatic rings. The molecule has 0 amide bonds. The van der Waals surface area contributed by atoms with E-state index >= 15 is 0 Å². The second-order valence-electron chi connectivity index (χ2n) is 23.1. The third-order valence-electron chi connectivity index (χ3n) is 14.3. The summed E-state index contributed by atoms with van der Waals surface area (Å²) < 4.78 is 34.5. The van der Waals surface area contributed by atoms with Crippen LogP contribution in [0.1, 0.15) is 309 Å². The Morgan fingerprint density at radius 3 is 1.11 bits per heavy atom. The number of allylic oxidation sites excluding steroid dienone is 8. The van der Waals surface area contributed by atoms with Crippen LogP contribution in [0.15, 0.2) is 48.6 Å². The van der Waals surface area contributed by atoms with Crippen molar-refractivity contribution in [3.63, 3.8) is 0 Å². The van der Waals surface area contributed by atoms with Gasteiger partial charge in [-0.15, -0.1) is 0 Å². The van der Waals surface area contributed by atoms with Crippen LogP contribution in [0.25, 0.3) is 0 Å². The summed E-state index contributed by atoms with van der Waals surface area (Å²) in [7, 11) is 1.48. The Bertz CT molecular complexity index is 1420. The zero-order valence-corrected chi connectivity index (χ0v) is 51.6. The lowest BCUT2D eigenvalue weighted by molar-refractivity contribution is -0.870. The summed E-state index contributed by atoms with van der Waals surface area (Å²) in [6.45, 7) is 4.40. The average molecular weight is 1090 g/mol. The lowest BCUT2D eigenvalue weighted by atomic mass is 10.0. The van der Waals surface area contributed by atoms with Crippen LogP contribution in [0.3, 0.4) is 0 Å². The number of hydrogen-bond donors (Lipinski definition) is 1. The topological polar surface area (TPSA) is 108 Å². The summed E-state index contributed by atoms with van der Waals surface area (Å²) in [5.41, 5.74) is 0. The standard InChI is InChI=1S/C66H124NO8P/c1-6-8-10-12-14-16-18-19-20-21-22-23-24-25-26-27-28-29-30-31-32-33-34-35-36-37-38-39-40-41-42-43-44-45-46-47-49-51-53-55-57-59-66(69)75-64(63-74-76(70,71)73-61-60-67(3,4)5)62-72-65(68)58-56-54-52-50-48-17-15-13-11-9-7-2/h13,15,18-19,21-22,24-25,64H,6-12,14,16-17,20,23,26-63H2,1-5H3/p+1/b15-13-,19-18-,22-21-,25-24-. The van der Waals surface area contributed by atoms with Crippen LogP contribution >= 0.6 is 7.82 Å². The number of hydrogen-bond acceptors (Lipinski definition) is 7. The van der Waals surface area contributed by atoms with Crippen molar-refractivity contribution < 1.29 is 42.1 Å². The van der Waals surface area contributed by atoms with Gasteiger partial charge in [-0.2, -0.15) is 0 Å². The van der Waals surface area contributed by atoms with Gasteiger partial charge in [-0.05, 0) is 70.6 Å². The number of carbonyl (C=O) groups excluding carboxylic acids is 2. The van der Waals surface area contributed by atoms with Crippen molar-refractivity contribution in [1.29, 1.82) is 0 Å². The molecule has 0 aromatic rings. The molecule has 0 radical (unpaired) electrons. The summed E-state index contributed by atoms with van der Waals surface area (Å²) in [5.74, 6) is -0.797. The van der Waals surface area contributed by atoms with E-state index in [9.17, 15) is 19.0 Å². The van der Waals surface area contributed by atoms with Crippen molar-refractivity contribution >= 4 is 19.8 Å². The van der Waals surface area contributed by atoms with E-state index in [1.807, 2.05) is 21.1 Å². The van der Waals surface area contributed by atoms with Crippen molar-refractivity contribution in [2.75, 3.05) is 47.5 Å². The SMILES string of the molecule is CCCC/C=C\CCCCCCCC(=O)OCC(COP(=O)(O)OCC[N+](C)(C)C)OC(=O)CCCCCCCCCCCCCCCCCCCCCCCCCCCC/C=C\C/C=C\C/C=C\CCCCCCC. The van der Waals surface area contributed by atoms with Crippen molar-refractivity contribution in [1.82, 2.24) is 0 Å². The van der Waals surface area contributed by atoms with Crippen LogP contribution in [0.5, 0.6) is 0 Å². The number of phosphoric acid groups is 1. The third-order valence-corrected chi connectivity index (χ3v) is 15.3. The van der Waals surface area contributed by atoms with Gasteiger partial charge in [0.15, 0.2) is 6.10 Å². The van der Waals surface area contributed by atoms with Gasteiger partial charge < -0.3 is 18.9 Å². The molecule has 10 heteroatoms. The molecule has 0 saturated heterocycles. The predicted molar refractivity (Wildman–Crippen MR) is 326 cm³/mol. The van der Waals surface area contributed by atoms with Crippen LogP contribution in [-0.2, 0) is 32.7 Å². The summed E-state index contributed by atoms with van der Waals surface area (Å²) in [5, 5.41) is 0. The molecule has 2 unspecified atom stereocenters. The van der Waals surface area contributed by atoms with Crippen LogP contribution in [-0.4, -0.2) is 74.9 Å². The van der Waals surface area contributed by atoms with Gasteiger partial charge in [0.25, 0.3) is 0 Å². The minimum Gasteiger partial charge on any atom is -0.462 e. The smallest absolute Gasteiger partial charge is 0.462 e. The first-order valence-electron chi connectivity index (χ1n) is 32.4. The molecule has 0 spiro atoms. The highest BCUT2D eigenvalue weighted by Crippen LogP contribution is 2.43. The molecule has 1 N–H and O–H groups in total. The van der Waals surface area contributed by atoms with Gasteiger partial charge in [-0.25, -0.2) is 4.57 Å². The van der Waals surface area contributed by atoms with Crippen molar-refractivity contribution in [2.24, 2.45) is 0 Å². The molecule has 0 fully saturated rings. The molecule has 76 heavy (non-hydrogen) atoms. The zero-order valence-electron chi connectivity index (χ0n) is 50.8. The summed E-state index contributed by atoms with van der Waals surface area (Å²) in [6, 6.07) is 0. The van der Waals surface area contributed by atoms with Gasteiger partial charge in [-0.3, -0.25) is 18.6 Å². The first-order chi connectivity index (χ1) is 37.0. The molecule has 0 aromatic carbocycles. The largest absolute Gasteiger partial charge is 0.472 e. The number of likely N-dealkylation sites (N-methyl/N-ethyl adjacent to an activating group) is 1. The van der Waals surface area contributed by atoms with Gasteiger partial charge in [0.1, 0.15) is 19.8 Å². The number of carbonyl (C=O) groups is 2. The van der Waals surface area contributed by atoms with E-state index in [-0.39, 0.29) is 32.0 Å². The molecule has 0 rings (SSSR count). The maximum absolute atomic E-state index is 12.8. The quantitative estimate of drug-likeness (QED) is 0.0211. The maximum atomic E-state index is 12.8. The first kappa shape index (κ1) is 74.0. The second-order valence-corrected chi connectivity index (χ2v) is 24.6. The molecular formula is C66H125NO8P+. The van der Waals surface area contributed by atoms with Crippen LogP contribution in [0, 0.1) is 0 Å². The number of esters is 2. The highest BCUT2D eigenvalue weighted by molar-refractivity contribution is 7.47. The van der Waals surface area contributed by atoms with Crippen molar-refractivity contribution in [3.8, 4) is 0 Å². The highest BCUT2D eigenvalue weighted by Gasteiger charge is 2.27. The maximum Gasteiger partial charge on any atom is 0.472 e. The van der Waals surface area contributed by atoms with E-state index in [1.165, 1.54) is 205 Å². The number of ether oxygens (including phenoxy) is 2. The highest BCUT2D eigenvalue weighted by atomic mass is 31.2. The molecule has 0 heterocycles. The average Bonchev–Trinajstić information content (AvgIpc) is 3.38. The van der Waals surface area contributed by atoms with Crippen molar-refractivity contribution in [2.45, 2.75) is 315 Å². The normalized spacial score (nSPS) is 13.5. The lowest BCUT2D eigenvalue weighted by Crippen LogP contribution is -2.37. The van der Waals surface area contributed by atoms with E-state index in [4.69, 9.17) is 18.5 Å². The minimum absolute atomic E-state index is 0.0321. The number of unbranched alkanes of at least 4 members (excludes halogenated alkanes) is 38. The fraction of sp³-hybridized carbons (Fsp3) is 0.848. The Hall–Kier alpha value is -2.03. The molecule has 2 atom stereocenters. The van der Waals surface area contributed by atoms with E-state index in [1.54, 1.807) is 0 Å². The van der Waals surface area contributed by atoms with Gasteiger partial charge in [-0.1, -0.05) is 274 Å². The molecular weight excluding hydrogens is 966 g/mol. The lowest BCUT2D eigenvalue weighted by Gasteiger charge is -2.24. The summed E-state index contributed by atoms with van der Waals surface area (Å²) in [6.07, 6.45) is 73.8. The van der Waals surface area contributed by atoms with E-state index in [0.717, 1.165) is 70.6 Å². The minimum atomic E-state index is -4.38. The molecule has 0 aliphatic heterocycles. The van der Waals surface area contributed by atoms with Gasteiger partial charge >= 0.3 is 19.8 Å². The number of quaternary nitrogens is 1. The van der Waals surface area contributed by atoms with E-state index < -0.39 is 26.5 Å². The molecule has 0 bridgehead atoms. The summed E-state index contributed by atoms with van der Waals surface area (Å²) >= 11 is 0. The Labute approximate surface area is 471 Å². The first-order valence-corrected chi connectivity index (χ1v) is 33.9. The van der Waals surface area contributed by atoms with Gasteiger partial charge in [0, 0.05) is 12.8 Å².